The molecule has 1 heterocycles. The van der Waals surface area contributed by atoms with Crippen molar-refractivity contribution >= 4 is 23.2 Å². The van der Waals surface area contributed by atoms with Crippen LogP contribution in [-0.4, -0.2) is 16.0 Å². The summed E-state index contributed by atoms with van der Waals surface area (Å²) in [7, 11) is 0. The van der Waals surface area contributed by atoms with Gasteiger partial charge in [0, 0.05) is 12.0 Å². The van der Waals surface area contributed by atoms with Gasteiger partial charge in [-0.3, -0.25) is 4.79 Å². The topological polar surface area (TPSA) is 94.0 Å². The Balaban J connectivity index is 1.65. The Labute approximate surface area is 143 Å². The first-order valence-corrected chi connectivity index (χ1v) is 7.68. The SMILES string of the molecule is NC(=O)c1ccc(Cl)c(NCc2nc(Cc3ccccc3)no2)c1. The number of halogens is 1. The molecule has 0 aliphatic heterocycles. The Hall–Kier alpha value is -2.86. The van der Waals surface area contributed by atoms with Gasteiger partial charge >= 0.3 is 0 Å². The number of nitrogens with one attached hydrogen (secondary N) is 1. The molecule has 0 fully saturated rings. The van der Waals surface area contributed by atoms with E-state index in [-0.39, 0.29) is 0 Å². The lowest BCUT2D eigenvalue weighted by Gasteiger charge is -2.07. The highest BCUT2D eigenvalue weighted by molar-refractivity contribution is 6.33. The highest BCUT2D eigenvalue weighted by Gasteiger charge is 2.09. The minimum absolute atomic E-state index is 0.295. The summed E-state index contributed by atoms with van der Waals surface area (Å²) in [6, 6.07) is 14.7. The third-order valence-corrected chi connectivity index (χ3v) is 3.73. The Bertz CT molecular complexity index is 849. The van der Waals surface area contributed by atoms with Crippen LogP contribution in [0.2, 0.25) is 5.02 Å². The van der Waals surface area contributed by atoms with E-state index in [2.05, 4.69) is 15.5 Å². The van der Waals surface area contributed by atoms with Crippen LogP contribution in [0.4, 0.5) is 5.69 Å². The van der Waals surface area contributed by atoms with Crippen molar-refractivity contribution < 1.29 is 9.32 Å². The smallest absolute Gasteiger partial charge is 0.248 e. The van der Waals surface area contributed by atoms with Crippen LogP contribution in [0.3, 0.4) is 0 Å². The van der Waals surface area contributed by atoms with Gasteiger partial charge in [-0.1, -0.05) is 47.1 Å². The Morgan fingerprint density at radius 3 is 2.75 bits per heavy atom. The monoisotopic (exact) mass is 342 g/mol. The van der Waals surface area contributed by atoms with E-state index in [1.165, 1.54) is 0 Å². The number of anilines is 1. The van der Waals surface area contributed by atoms with E-state index < -0.39 is 5.91 Å². The minimum atomic E-state index is -0.516. The Morgan fingerprint density at radius 2 is 2.00 bits per heavy atom. The highest BCUT2D eigenvalue weighted by atomic mass is 35.5. The molecule has 1 aromatic heterocycles. The molecule has 0 bridgehead atoms. The van der Waals surface area contributed by atoms with Gasteiger partial charge in [-0.2, -0.15) is 4.98 Å². The van der Waals surface area contributed by atoms with Crippen LogP contribution in [0, 0.1) is 0 Å². The van der Waals surface area contributed by atoms with Gasteiger partial charge in [0.15, 0.2) is 5.82 Å². The predicted molar refractivity (Wildman–Crippen MR) is 90.8 cm³/mol. The second-order valence-corrected chi connectivity index (χ2v) is 5.59. The van der Waals surface area contributed by atoms with Gasteiger partial charge in [-0.25, -0.2) is 0 Å². The normalized spacial score (nSPS) is 10.5. The Kier molecular flexibility index (Phi) is 4.77. The van der Waals surface area contributed by atoms with Crippen LogP contribution in [-0.2, 0) is 13.0 Å². The number of benzene rings is 2. The summed E-state index contributed by atoms with van der Waals surface area (Å²) in [6.07, 6.45) is 0.599. The zero-order chi connectivity index (χ0) is 16.9. The summed E-state index contributed by atoms with van der Waals surface area (Å²) < 4.78 is 5.22. The fourth-order valence-corrected chi connectivity index (χ4v) is 2.38. The van der Waals surface area contributed by atoms with Gasteiger partial charge in [-0.05, 0) is 23.8 Å². The van der Waals surface area contributed by atoms with Gasteiger partial charge < -0.3 is 15.6 Å². The van der Waals surface area contributed by atoms with E-state index in [1.54, 1.807) is 18.2 Å². The Morgan fingerprint density at radius 1 is 1.21 bits per heavy atom. The lowest BCUT2D eigenvalue weighted by Crippen LogP contribution is -2.11. The molecule has 0 unspecified atom stereocenters. The van der Waals surface area contributed by atoms with Gasteiger partial charge in [0.25, 0.3) is 0 Å². The van der Waals surface area contributed by atoms with Gasteiger partial charge in [0.05, 0.1) is 17.3 Å². The van der Waals surface area contributed by atoms with Gasteiger partial charge in [-0.15, -0.1) is 0 Å². The van der Waals surface area contributed by atoms with E-state index in [0.717, 1.165) is 5.56 Å². The molecule has 0 radical (unpaired) electrons. The average Bonchev–Trinajstić information content (AvgIpc) is 3.02. The summed E-state index contributed by atoms with van der Waals surface area (Å²) >= 11 is 6.10. The van der Waals surface area contributed by atoms with E-state index in [1.807, 2.05) is 30.3 Å². The molecule has 7 heteroatoms. The second kappa shape index (κ2) is 7.14. The molecule has 2 aromatic carbocycles. The molecule has 6 nitrogen and oxygen atoms in total. The number of carbonyl (C=O) groups excluding carboxylic acids is 1. The standard InChI is InChI=1S/C17H15ClN4O2/c18-13-7-6-12(17(19)23)9-14(13)20-10-16-21-15(22-24-16)8-11-4-2-1-3-5-11/h1-7,9,20H,8,10H2,(H2,19,23). The largest absolute Gasteiger partial charge is 0.375 e. The molecule has 3 aromatic rings. The lowest BCUT2D eigenvalue weighted by atomic mass is 10.1. The third-order valence-electron chi connectivity index (χ3n) is 3.40. The van der Waals surface area contributed by atoms with E-state index in [0.29, 0.717) is 41.0 Å². The molecule has 0 atom stereocenters. The maximum Gasteiger partial charge on any atom is 0.248 e. The minimum Gasteiger partial charge on any atom is -0.375 e. The van der Waals surface area contributed by atoms with Gasteiger partial charge in [0.1, 0.15) is 0 Å². The summed E-state index contributed by atoms with van der Waals surface area (Å²) in [5.74, 6) is 0.522. The number of amides is 1. The van der Waals surface area contributed by atoms with Crippen molar-refractivity contribution in [1.29, 1.82) is 0 Å². The molecular formula is C17H15ClN4O2. The number of carbonyl (C=O) groups is 1. The molecular weight excluding hydrogens is 328 g/mol. The molecule has 1 amide bonds. The van der Waals surface area contributed by atoms with Gasteiger partial charge in [0.2, 0.25) is 11.8 Å². The first-order chi connectivity index (χ1) is 11.6. The van der Waals surface area contributed by atoms with Crippen molar-refractivity contribution in [3.63, 3.8) is 0 Å². The van der Waals surface area contributed by atoms with Crippen molar-refractivity contribution in [2.45, 2.75) is 13.0 Å². The van der Waals surface area contributed by atoms with Crippen molar-refractivity contribution in [3.05, 3.63) is 76.4 Å². The molecule has 0 aliphatic rings. The molecule has 3 N–H and O–H groups in total. The van der Waals surface area contributed by atoms with Crippen molar-refractivity contribution in [2.24, 2.45) is 5.73 Å². The van der Waals surface area contributed by atoms with Crippen LogP contribution < -0.4 is 11.1 Å². The van der Waals surface area contributed by atoms with Crippen molar-refractivity contribution in [2.75, 3.05) is 5.32 Å². The van der Waals surface area contributed by atoms with E-state index in [9.17, 15) is 4.79 Å². The van der Waals surface area contributed by atoms with Crippen LogP contribution in [0.1, 0.15) is 27.6 Å². The number of hydrogen-bond donors (Lipinski definition) is 2. The van der Waals surface area contributed by atoms with Crippen LogP contribution in [0.5, 0.6) is 0 Å². The molecule has 0 spiro atoms. The molecule has 24 heavy (non-hydrogen) atoms. The van der Waals surface area contributed by atoms with Crippen molar-refractivity contribution in [3.8, 4) is 0 Å². The first-order valence-electron chi connectivity index (χ1n) is 7.30. The number of rotatable bonds is 6. The maximum atomic E-state index is 11.2. The fourth-order valence-electron chi connectivity index (χ4n) is 2.20. The zero-order valence-corrected chi connectivity index (χ0v) is 13.5. The fraction of sp³-hybridized carbons (Fsp3) is 0.118. The summed E-state index contributed by atoms with van der Waals surface area (Å²) in [5.41, 5.74) is 7.32. The average molecular weight is 343 g/mol. The number of nitrogens with zero attached hydrogens (tertiary/aromatic N) is 2. The lowest BCUT2D eigenvalue weighted by molar-refractivity contribution is 0.100. The van der Waals surface area contributed by atoms with Crippen molar-refractivity contribution in [1.82, 2.24) is 10.1 Å². The molecule has 3 rings (SSSR count). The number of aromatic nitrogens is 2. The number of nitrogens with two attached hydrogens (primary N) is 1. The quantitative estimate of drug-likeness (QED) is 0.718. The van der Waals surface area contributed by atoms with E-state index >= 15 is 0 Å². The highest BCUT2D eigenvalue weighted by Crippen LogP contribution is 2.23. The number of hydrogen-bond acceptors (Lipinski definition) is 5. The van der Waals surface area contributed by atoms with E-state index in [4.69, 9.17) is 21.9 Å². The second-order valence-electron chi connectivity index (χ2n) is 5.18. The first kappa shape index (κ1) is 16.0. The summed E-state index contributed by atoms with van der Waals surface area (Å²) in [5, 5.41) is 7.50. The van der Waals surface area contributed by atoms with Crippen LogP contribution in [0.15, 0.2) is 53.1 Å². The number of primary amides is 1. The van der Waals surface area contributed by atoms with Crippen LogP contribution >= 0.6 is 11.6 Å². The summed E-state index contributed by atoms with van der Waals surface area (Å²) in [4.78, 5) is 15.6. The summed E-state index contributed by atoms with van der Waals surface area (Å²) in [6.45, 7) is 0.295. The molecule has 0 saturated carbocycles. The molecule has 0 saturated heterocycles. The third kappa shape index (κ3) is 3.91. The maximum absolute atomic E-state index is 11.2. The molecule has 122 valence electrons. The zero-order valence-electron chi connectivity index (χ0n) is 12.7. The molecule has 0 aliphatic carbocycles. The van der Waals surface area contributed by atoms with Crippen LogP contribution in [0.25, 0.3) is 0 Å². The predicted octanol–water partition coefficient (Wildman–Crippen LogP) is 3.02.